The van der Waals surface area contributed by atoms with E-state index in [0.717, 1.165) is 49.4 Å². The van der Waals surface area contributed by atoms with Crippen LogP contribution in [0.3, 0.4) is 0 Å². The van der Waals surface area contributed by atoms with Crippen LogP contribution < -0.4 is 0 Å². The molecule has 0 aromatic heterocycles. The first-order valence-electron chi connectivity index (χ1n) is 11.7. The van der Waals surface area contributed by atoms with E-state index < -0.39 is 17.5 Å². The van der Waals surface area contributed by atoms with Crippen LogP contribution >= 0.6 is 0 Å². The van der Waals surface area contributed by atoms with Crippen molar-refractivity contribution in [1.82, 2.24) is 0 Å². The molecule has 0 heterocycles. The molecule has 0 radical (unpaired) electrons. The quantitative estimate of drug-likeness (QED) is 0.443. The molecule has 4 rings (SSSR count). The van der Waals surface area contributed by atoms with Crippen LogP contribution in [0.2, 0.25) is 0 Å². The monoisotopic (exact) mass is 392 g/mol. The third kappa shape index (κ3) is 4.76. The average Bonchev–Trinajstić information content (AvgIpc) is 3.26. The number of hydrogen-bond donors (Lipinski definition) is 0. The zero-order valence-corrected chi connectivity index (χ0v) is 17.1. The standard InChI is InChI=1S/C25H35F3/c26-23-15-22(16-24(27)25(23)28)21-13-9-18(10-14-21)6-5-17-7-11-20(12-8-17)19-3-1-2-4-19/h15-21H,1-14H2/t17-,18?,20-,21?. The van der Waals surface area contributed by atoms with Gasteiger partial charge in [-0.1, -0.05) is 51.4 Å². The molecule has 0 amide bonds. The van der Waals surface area contributed by atoms with Crippen LogP contribution in [-0.4, -0.2) is 0 Å². The molecule has 3 aliphatic carbocycles. The van der Waals surface area contributed by atoms with Crippen LogP contribution in [0, 0.1) is 41.1 Å². The Labute approximate surface area is 168 Å². The average molecular weight is 393 g/mol. The molecule has 3 fully saturated rings. The van der Waals surface area contributed by atoms with Crippen molar-refractivity contribution in [3.05, 3.63) is 35.1 Å². The number of halogens is 3. The van der Waals surface area contributed by atoms with Gasteiger partial charge in [-0.2, -0.15) is 0 Å². The highest BCUT2D eigenvalue weighted by Gasteiger charge is 2.30. The third-order valence-electron chi connectivity index (χ3n) is 8.27. The largest absolute Gasteiger partial charge is 0.204 e. The smallest absolute Gasteiger partial charge is 0.194 e. The molecule has 0 nitrogen and oxygen atoms in total. The summed E-state index contributed by atoms with van der Waals surface area (Å²) in [6.07, 6.45) is 18.6. The van der Waals surface area contributed by atoms with E-state index in [1.165, 1.54) is 76.3 Å². The lowest BCUT2D eigenvalue weighted by atomic mass is 9.72. The van der Waals surface area contributed by atoms with Gasteiger partial charge in [-0.25, -0.2) is 13.2 Å². The molecule has 3 saturated carbocycles. The molecular weight excluding hydrogens is 357 g/mol. The summed E-state index contributed by atoms with van der Waals surface area (Å²) in [6, 6.07) is 2.40. The summed E-state index contributed by atoms with van der Waals surface area (Å²) < 4.78 is 40.2. The summed E-state index contributed by atoms with van der Waals surface area (Å²) >= 11 is 0. The van der Waals surface area contributed by atoms with Crippen molar-refractivity contribution in [3.8, 4) is 0 Å². The van der Waals surface area contributed by atoms with Gasteiger partial charge in [0.15, 0.2) is 17.5 Å². The van der Waals surface area contributed by atoms with Crippen LogP contribution in [0.15, 0.2) is 12.1 Å². The molecule has 0 atom stereocenters. The highest BCUT2D eigenvalue weighted by atomic mass is 19.2. The molecule has 156 valence electrons. The minimum Gasteiger partial charge on any atom is -0.204 e. The van der Waals surface area contributed by atoms with E-state index >= 15 is 0 Å². The first-order chi connectivity index (χ1) is 13.6. The predicted octanol–water partition coefficient (Wildman–Crippen LogP) is 8.15. The second-order valence-corrected chi connectivity index (χ2v) is 9.92. The highest BCUT2D eigenvalue weighted by Crippen LogP contribution is 2.43. The normalized spacial score (nSPS) is 32.0. The molecule has 3 heteroatoms. The molecular formula is C25H35F3. The lowest BCUT2D eigenvalue weighted by Gasteiger charge is -2.34. The zero-order valence-electron chi connectivity index (χ0n) is 17.1. The van der Waals surface area contributed by atoms with Gasteiger partial charge in [0.1, 0.15) is 0 Å². The molecule has 0 saturated heterocycles. The SMILES string of the molecule is Fc1cc(C2CCC(CC[C@H]3CC[C@H](C4CCCC4)CC3)CC2)cc(F)c1F. The lowest BCUT2D eigenvalue weighted by molar-refractivity contribution is 0.187. The van der Waals surface area contributed by atoms with Crippen molar-refractivity contribution < 1.29 is 13.2 Å². The Hall–Kier alpha value is -0.990. The first kappa shape index (κ1) is 20.3. The molecule has 3 aliphatic rings. The summed E-state index contributed by atoms with van der Waals surface area (Å²) in [7, 11) is 0. The van der Waals surface area contributed by atoms with Gasteiger partial charge in [0, 0.05) is 0 Å². The first-order valence-corrected chi connectivity index (χ1v) is 11.7. The molecule has 0 bridgehead atoms. The summed E-state index contributed by atoms with van der Waals surface area (Å²) in [5.41, 5.74) is 0.639. The van der Waals surface area contributed by atoms with Crippen LogP contribution in [0.1, 0.15) is 101 Å². The van der Waals surface area contributed by atoms with Gasteiger partial charge in [0.2, 0.25) is 0 Å². The van der Waals surface area contributed by atoms with E-state index in [4.69, 9.17) is 0 Å². The van der Waals surface area contributed by atoms with E-state index in [0.29, 0.717) is 5.56 Å². The summed E-state index contributed by atoms with van der Waals surface area (Å²) in [5.74, 6) is 0.483. The summed E-state index contributed by atoms with van der Waals surface area (Å²) in [4.78, 5) is 0. The van der Waals surface area contributed by atoms with Crippen LogP contribution in [0.4, 0.5) is 13.2 Å². The Morgan fingerprint density at radius 1 is 0.607 bits per heavy atom. The van der Waals surface area contributed by atoms with Crippen molar-refractivity contribution in [2.45, 2.75) is 95.8 Å². The fraction of sp³-hybridized carbons (Fsp3) is 0.760. The summed E-state index contributed by atoms with van der Waals surface area (Å²) in [5, 5.41) is 0. The Bertz CT molecular complexity index is 610. The Kier molecular flexibility index (Phi) is 6.68. The van der Waals surface area contributed by atoms with Gasteiger partial charge in [0.05, 0.1) is 0 Å². The Balaban J connectivity index is 1.18. The van der Waals surface area contributed by atoms with Crippen molar-refractivity contribution in [2.24, 2.45) is 23.7 Å². The second kappa shape index (κ2) is 9.22. The van der Waals surface area contributed by atoms with Crippen LogP contribution in [-0.2, 0) is 0 Å². The molecule has 0 unspecified atom stereocenters. The molecule has 0 spiro atoms. The highest BCUT2D eigenvalue weighted by molar-refractivity contribution is 5.23. The van der Waals surface area contributed by atoms with Crippen molar-refractivity contribution in [3.63, 3.8) is 0 Å². The maximum atomic E-state index is 13.5. The van der Waals surface area contributed by atoms with Crippen LogP contribution in [0.5, 0.6) is 0 Å². The minimum atomic E-state index is -1.35. The molecule has 1 aromatic rings. The summed E-state index contributed by atoms with van der Waals surface area (Å²) in [6.45, 7) is 0. The maximum absolute atomic E-state index is 13.5. The van der Waals surface area contributed by atoms with E-state index in [2.05, 4.69) is 0 Å². The van der Waals surface area contributed by atoms with Crippen molar-refractivity contribution >= 4 is 0 Å². The predicted molar refractivity (Wildman–Crippen MR) is 108 cm³/mol. The van der Waals surface area contributed by atoms with Gasteiger partial charge in [-0.3, -0.25) is 0 Å². The number of benzene rings is 1. The van der Waals surface area contributed by atoms with E-state index in [1.54, 1.807) is 0 Å². The van der Waals surface area contributed by atoms with Crippen molar-refractivity contribution in [1.29, 1.82) is 0 Å². The fourth-order valence-electron chi connectivity index (χ4n) is 6.44. The topological polar surface area (TPSA) is 0 Å². The zero-order chi connectivity index (χ0) is 19.5. The van der Waals surface area contributed by atoms with Crippen LogP contribution in [0.25, 0.3) is 0 Å². The van der Waals surface area contributed by atoms with Gasteiger partial charge in [-0.15, -0.1) is 0 Å². The number of hydrogen-bond acceptors (Lipinski definition) is 0. The van der Waals surface area contributed by atoms with E-state index in [-0.39, 0.29) is 5.92 Å². The minimum absolute atomic E-state index is 0.183. The Morgan fingerprint density at radius 2 is 1.07 bits per heavy atom. The molecule has 0 aliphatic heterocycles. The molecule has 28 heavy (non-hydrogen) atoms. The molecule has 0 N–H and O–H groups in total. The van der Waals surface area contributed by atoms with Gasteiger partial charge in [0.25, 0.3) is 0 Å². The second-order valence-electron chi connectivity index (χ2n) is 9.92. The van der Waals surface area contributed by atoms with E-state index in [1.807, 2.05) is 0 Å². The van der Waals surface area contributed by atoms with E-state index in [9.17, 15) is 13.2 Å². The van der Waals surface area contributed by atoms with Gasteiger partial charge in [-0.05, 0) is 85.8 Å². The third-order valence-corrected chi connectivity index (χ3v) is 8.27. The maximum Gasteiger partial charge on any atom is 0.194 e. The van der Waals surface area contributed by atoms with Gasteiger partial charge < -0.3 is 0 Å². The van der Waals surface area contributed by atoms with Gasteiger partial charge >= 0.3 is 0 Å². The Morgan fingerprint density at radius 3 is 1.61 bits per heavy atom. The van der Waals surface area contributed by atoms with Crippen molar-refractivity contribution in [2.75, 3.05) is 0 Å². The number of rotatable bonds is 5. The fourth-order valence-corrected chi connectivity index (χ4v) is 6.44. The lowest BCUT2D eigenvalue weighted by Crippen LogP contribution is -2.21. The molecule has 1 aromatic carbocycles.